The normalized spacial score (nSPS) is 10.4. The van der Waals surface area contributed by atoms with Crippen molar-refractivity contribution in [2.75, 3.05) is 6.61 Å². The minimum absolute atomic E-state index is 0.302. The van der Waals surface area contributed by atoms with Gasteiger partial charge in [0, 0.05) is 17.0 Å². The highest BCUT2D eigenvalue weighted by Crippen LogP contribution is 2.18. The third kappa shape index (κ3) is 3.48. The van der Waals surface area contributed by atoms with Crippen molar-refractivity contribution >= 4 is 28.5 Å². The van der Waals surface area contributed by atoms with Crippen molar-refractivity contribution < 1.29 is 4.74 Å². The van der Waals surface area contributed by atoms with Crippen molar-refractivity contribution in [2.24, 2.45) is 5.73 Å². The van der Waals surface area contributed by atoms with E-state index in [1.165, 1.54) is 4.88 Å². The quantitative estimate of drug-likeness (QED) is 0.858. The van der Waals surface area contributed by atoms with Crippen LogP contribution in [0.25, 0.3) is 0 Å². The number of hydrogen-bond acceptors (Lipinski definition) is 5. The number of pyridine rings is 1. The zero-order valence-corrected chi connectivity index (χ0v) is 12.5. The van der Waals surface area contributed by atoms with Gasteiger partial charge in [-0.25, -0.2) is 9.97 Å². The summed E-state index contributed by atoms with van der Waals surface area (Å²) in [5.41, 5.74) is 10.1. The summed E-state index contributed by atoms with van der Waals surface area (Å²) in [6, 6.07) is 3.71. The average molecular weight is 293 g/mol. The van der Waals surface area contributed by atoms with Gasteiger partial charge in [0.05, 0.1) is 23.4 Å². The first-order valence-electron chi connectivity index (χ1n) is 5.87. The lowest BCUT2D eigenvalue weighted by molar-refractivity contribution is 0.309. The van der Waals surface area contributed by atoms with E-state index in [1.54, 1.807) is 11.3 Å². The minimum Gasteiger partial charge on any atom is -0.477 e. The largest absolute Gasteiger partial charge is 0.477 e. The molecule has 4 nitrogen and oxygen atoms in total. The van der Waals surface area contributed by atoms with Crippen LogP contribution in [0.4, 0.5) is 0 Å². The van der Waals surface area contributed by atoms with Crippen LogP contribution in [-0.2, 0) is 6.42 Å². The zero-order chi connectivity index (χ0) is 13.8. The summed E-state index contributed by atoms with van der Waals surface area (Å²) in [5.74, 6) is 0.509. The summed E-state index contributed by atoms with van der Waals surface area (Å²) in [5, 5.41) is 0. The zero-order valence-electron chi connectivity index (χ0n) is 10.8. The molecule has 0 bridgehead atoms. The van der Waals surface area contributed by atoms with E-state index >= 15 is 0 Å². The number of rotatable bonds is 5. The Balaban J connectivity index is 2.05. The van der Waals surface area contributed by atoms with Crippen LogP contribution in [0.3, 0.4) is 0 Å². The smallest absolute Gasteiger partial charge is 0.223 e. The van der Waals surface area contributed by atoms with Crippen molar-refractivity contribution in [3.63, 3.8) is 0 Å². The lowest BCUT2D eigenvalue weighted by atomic mass is 10.2. The van der Waals surface area contributed by atoms with Gasteiger partial charge in [0.1, 0.15) is 4.99 Å². The number of hydrogen-bond donors (Lipinski definition) is 1. The monoisotopic (exact) mass is 293 g/mol. The third-order valence-corrected chi connectivity index (χ3v) is 3.89. The Labute approximate surface area is 121 Å². The summed E-state index contributed by atoms with van der Waals surface area (Å²) >= 11 is 6.63. The molecule has 0 aliphatic heterocycles. The van der Waals surface area contributed by atoms with Gasteiger partial charge in [-0.3, -0.25) is 0 Å². The average Bonchev–Trinajstić information content (AvgIpc) is 2.75. The van der Waals surface area contributed by atoms with Gasteiger partial charge in [0.25, 0.3) is 0 Å². The van der Waals surface area contributed by atoms with Crippen LogP contribution in [0.2, 0.25) is 0 Å². The molecule has 100 valence electrons. The third-order valence-electron chi connectivity index (χ3n) is 2.68. The fourth-order valence-electron chi connectivity index (χ4n) is 1.64. The molecule has 0 radical (unpaired) electrons. The molecular formula is C13H15N3OS2. The first-order chi connectivity index (χ1) is 9.08. The highest BCUT2D eigenvalue weighted by molar-refractivity contribution is 7.80. The lowest BCUT2D eigenvalue weighted by Crippen LogP contribution is -2.14. The molecular weight excluding hydrogens is 278 g/mol. The molecule has 0 spiro atoms. The molecule has 2 aromatic heterocycles. The fraction of sp³-hybridized carbons (Fsp3) is 0.308. The topological polar surface area (TPSA) is 61.0 Å². The summed E-state index contributed by atoms with van der Waals surface area (Å²) in [7, 11) is 0. The maximum atomic E-state index is 5.71. The Bertz CT molecular complexity index is 595. The standard InChI is InChI=1S/C13H15N3OS2/c1-8-3-4-10(12(14)18)13(16-8)17-6-5-11-9(2)15-7-19-11/h3-4,7H,5-6H2,1-2H3,(H2,14,18). The summed E-state index contributed by atoms with van der Waals surface area (Å²) in [4.78, 5) is 10.1. The molecule has 2 N–H and O–H groups in total. The second-order valence-electron chi connectivity index (χ2n) is 4.13. The Kier molecular flexibility index (Phi) is 4.44. The highest BCUT2D eigenvalue weighted by atomic mass is 32.1. The van der Waals surface area contributed by atoms with E-state index in [-0.39, 0.29) is 0 Å². The lowest BCUT2D eigenvalue weighted by Gasteiger charge is -2.10. The molecule has 0 saturated carbocycles. The second-order valence-corrected chi connectivity index (χ2v) is 5.51. The molecule has 0 aliphatic carbocycles. The maximum Gasteiger partial charge on any atom is 0.223 e. The first kappa shape index (κ1) is 13.9. The van der Waals surface area contributed by atoms with E-state index in [0.717, 1.165) is 17.8 Å². The van der Waals surface area contributed by atoms with Crippen molar-refractivity contribution in [1.29, 1.82) is 0 Å². The van der Waals surface area contributed by atoms with E-state index in [9.17, 15) is 0 Å². The molecule has 0 aliphatic rings. The molecule has 6 heteroatoms. The van der Waals surface area contributed by atoms with E-state index in [4.69, 9.17) is 22.7 Å². The first-order valence-corrected chi connectivity index (χ1v) is 7.16. The summed E-state index contributed by atoms with van der Waals surface area (Å²) in [6.45, 7) is 4.44. The molecule has 2 aromatic rings. The van der Waals surface area contributed by atoms with Crippen molar-refractivity contribution in [1.82, 2.24) is 9.97 Å². The van der Waals surface area contributed by atoms with Gasteiger partial charge in [0.15, 0.2) is 0 Å². The van der Waals surface area contributed by atoms with Crippen LogP contribution >= 0.6 is 23.6 Å². The van der Waals surface area contributed by atoms with Crippen molar-refractivity contribution in [3.05, 3.63) is 39.5 Å². The Morgan fingerprint density at radius 2 is 2.21 bits per heavy atom. The molecule has 0 aromatic carbocycles. The van der Waals surface area contributed by atoms with E-state index in [1.807, 2.05) is 31.5 Å². The Morgan fingerprint density at radius 1 is 1.42 bits per heavy atom. The Morgan fingerprint density at radius 3 is 2.84 bits per heavy atom. The molecule has 2 rings (SSSR count). The van der Waals surface area contributed by atoms with Gasteiger partial charge in [0.2, 0.25) is 5.88 Å². The maximum absolute atomic E-state index is 5.71. The molecule has 2 heterocycles. The van der Waals surface area contributed by atoms with Crippen molar-refractivity contribution in [2.45, 2.75) is 20.3 Å². The van der Waals surface area contributed by atoms with E-state index in [2.05, 4.69) is 9.97 Å². The van der Waals surface area contributed by atoms with Crippen LogP contribution in [0.5, 0.6) is 5.88 Å². The predicted molar refractivity (Wildman–Crippen MR) is 80.9 cm³/mol. The van der Waals surface area contributed by atoms with Crippen LogP contribution < -0.4 is 10.5 Å². The molecule has 0 fully saturated rings. The van der Waals surface area contributed by atoms with Crippen LogP contribution in [0, 0.1) is 13.8 Å². The van der Waals surface area contributed by atoms with Crippen LogP contribution in [0.15, 0.2) is 17.6 Å². The number of nitrogens with zero attached hydrogens (tertiary/aromatic N) is 2. The van der Waals surface area contributed by atoms with E-state index in [0.29, 0.717) is 23.0 Å². The molecule has 0 unspecified atom stereocenters. The fourth-order valence-corrected chi connectivity index (χ4v) is 2.55. The van der Waals surface area contributed by atoms with Crippen molar-refractivity contribution in [3.8, 4) is 5.88 Å². The van der Waals surface area contributed by atoms with Gasteiger partial charge in [-0.2, -0.15) is 0 Å². The SMILES string of the molecule is Cc1ccc(C(N)=S)c(OCCc2scnc2C)n1. The highest BCUT2D eigenvalue weighted by Gasteiger charge is 2.09. The molecule has 0 amide bonds. The van der Waals surface area contributed by atoms with Gasteiger partial charge in [-0.15, -0.1) is 11.3 Å². The number of nitrogens with two attached hydrogens (primary N) is 1. The van der Waals surface area contributed by atoms with E-state index < -0.39 is 0 Å². The van der Waals surface area contributed by atoms with Gasteiger partial charge in [-0.1, -0.05) is 12.2 Å². The number of aromatic nitrogens is 2. The number of thiocarbonyl (C=S) groups is 1. The van der Waals surface area contributed by atoms with Gasteiger partial charge in [-0.05, 0) is 26.0 Å². The number of aryl methyl sites for hydroxylation is 2. The molecule has 19 heavy (non-hydrogen) atoms. The van der Waals surface area contributed by atoms with Crippen LogP contribution in [-0.4, -0.2) is 21.6 Å². The Hall–Kier alpha value is -1.53. The van der Waals surface area contributed by atoms with Gasteiger partial charge < -0.3 is 10.5 Å². The summed E-state index contributed by atoms with van der Waals surface area (Å²) in [6.07, 6.45) is 0.808. The summed E-state index contributed by atoms with van der Waals surface area (Å²) < 4.78 is 5.71. The number of thiazole rings is 1. The van der Waals surface area contributed by atoms with Gasteiger partial charge >= 0.3 is 0 Å². The second kappa shape index (κ2) is 6.08. The molecule has 0 atom stereocenters. The van der Waals surface area contributed by atoms with Crippen LogP contribution in [0.1, 0.15) is 21.8 Å². The predicted octanol–water partition coefficient (Wildman–Crippen LogP) is 2.41. The molecule has 0 saturated heterocycles. The minimum atomic E-state index is 0.302. The number of ether oxygens (including phenoxy) is 1.